The van der Waals surface area contributed by atoms with Crippen molar-refractivity contribution in [2.45, 2.75) is 17.9 Å². The van der Waals surface area contributed by atoms with Crippen molar-refractivity contribution in [1.82, 2.24) is 14.3 Å². The highest BCUT2D eigenvalue weighted by Gasteiger charge is 2.30. The minimum absolute atomic E-state index is 0.144. The molecule has 0 unspecified atom stereocenters. The Morgan fingerprint density at radius 1 is 1.12 bits per heavy atom. The smallest absolute Gasteiger partial charge is 0.237 e. The van der Waals surface area contributed by atoms with Crippen molar-refractivity contribution < 1.29 is 8.42 Å². The molecule has 3 aromatic rings. The summed E-state index contributed by atoms with van der Waals surface area (Å²) >= 11 is 6.08. The van der Waals surface area contributed by atoms with Crippen LogP contribution in [0.1, 0.15) is 11.3 Å². The summed E-state index contributed by atoms with van der Waals surface area (Å²) in [6.45, 7) is 0.673. The summed E-state index contributed by atoms with van der Waals surface area (Å²) in [5.41, 5.74) is 2.52. The predicted octanol–water partition coefficient (Wildman–Crippen LogP) is 3.03. The van der Waals surface area contributed by atoms with Gasteiger partial charge in [-0.1, -0.05) is 23.7 Å². The second-order valence-electron chi connectivity index (χ2n) is 5.66. The zero-order chi connectivity index (χ0) is 16.7. The van der Waals surface area contributed by atoms with Crippen LogP contribution in [-0.2, 0) is 23.0 Å². The van der Waals surface area contributed by atoms with Crippen molar-refractivity contribution in [3.8, 4) is 0 Å². The molecule has 0 amide bonds. The lowest BCUT2D eigenvalue weighted by atomic mass is 10.1. The van der Waals surface area contributed by atoms with Crippen LogP contribution in [0.3, 0.4) is 0 Å². The SMILES string of the molecule is O=S(=O)(c1ccccc1Cl)N1CCc2nc3ncccc3cc2C1. The molecule has 0 N–H and O–H groups in total. The van der Waals surface area contributed by atoms with E-state index in [9.17, 15) is 8.42 Å². The molecule has 0 aliphatic carbocycles. The number of hydrogen-bond acceptors (Lipinski definition) is 4. The highest BCUT2D eigenvalue weighted by Crippen LogP contribution is 2.29. The summed E-state index contributed by atoms with van der Waals surface area (Å²) < 4.78 is 27.2. The van der Waals surface area contributed by atoms with Gasteiger partial charge in [-0.15, -0.1) is 0 Å². The van der Waals surface area contributed by atoms with Crippen molar-refractivity contribution >= 4 is 32.7 Å². The summed E-state index contributed by atoms with van der Waals surface area (Å²) in [5.74, 6) is 0. The van der Waals surface area contributed by atoms with Crippen molar-refractivity contribution in [1.29, 1.82) is 0 Å². The molecule has 5 nitrogen and oxygen atoms in total. The van der Waals surface area contributed by atoms with Crippen LogP contribution in [0.4, 0.5) is 0 Å². The molecule has 1 aliphatic heterocycles. The summed E-state index contributed by atoms with van der Waals surface area (Å²) in [6.07, 6.45) is 2.27. The highest BCUT2D eigenvalue weighted by molar-refractivity contribution is 7.89. The first-order valence-electron chi connectivity index (χ1n) is 7.54. The Morgan fingerprint density at radius 3 is 2.79 bits per heavy atom. The molecule has 0 saturated carbocycles. The van der Waals surface area contributed by atoms with E-state index in [-0.39, 0.29) is 9.92 Å². The largest absolute Gasteiger partial charge is 0.244 e. The standard InChI is InChI=1S/C17H14ClN3O2S/c18-14-5-1-2-6-16(14)24(22,23)21-9-7-15-13(11-21)10-12-4-3-8-19-17(12)20-15/h1-6,8,10H,7,9,11H2. The quantitative estimate of drug-likeness (QED) is 0.705. The Labute approximate surface area is 145 Å². The van der Waals surface area contributed by atoms with E-state index in [1.807, 2.05) is 18.2 Å². The molecule has 0 radical (unpaired) electrons. The van der Waals surface area contributed by atoms with Gasteiger partial charge in [0.25, 0.3) is 0 Å². The number of fused-ring (bicyclic) bond motifs is 2. The fourth-order valence-corrected chi connectivity index (χ4v) is 4.85. The molecule has 0 spiro atoms. The van der Waals surface area contributed by atoms with E-state index in [0.29, 0.717) is 25.2 Å². The molecule has 1 aliphatic rings. The average Bonchev–Trinajstić information content (AvgIpc) is 2.59. The number of benzene rings is 1. The van der Waals surface area contributed by atoms with E-state index >= 15 is 0 Å². The number of rotatable bonds is 2. The van der Waals surface area contributed by atoms with Crippen LogP contribution < -0.4 is 0 Å². The van der Waals surface area contributed by atoms with E-state index < -0.39 is 10.0 Å². The predicted molar refractivity (Wildman–Crippen MR) is 92.3 cm³/mol. The Balaban J connectivity index is 1.74. The molecule has 0 saturated heterocycles. The van der Waals surface area contributed by atoms with Crippen molar-refractivity contribution in [2.24, 2.45) is 0 Å². The van der Waals surface area contributed by atoms with Gasteiger partial charge in [-0.2, -0.15) is 4.31 Å². The number of pyridine rings is 2. The van der Waals surface area contributed by atoms with Crippen LogP contribution in [0.15, 0.2) is 53.6 Å². The molecule has 4 rings (SSSR count). The Bertz CT molecular complexity index is 1040. The van der Waals surface area contributed by atoms with Crippen molar-refractivity contribution in [2.75, 3.05) is 6.54 Å². The molecule has 3 heterocycles. The van der Waals surface area contributed by atoms with E-state index in [1.54, 1.807) is 24.4 Å². The molecular weight excluding hydrogens is 346 g/mol. The van der Waals surface area contributed by atoms with Crippen LogP contribution in [0.25, 0.3) is 11.0 Å². The topological polar surface area (TPSA) is 63.2 Å². The van der Waals surface area contributed by atoms with E-state index in [2.05, 4.69) is 9.97 Å². The summed E-state index contributed by atoms with van der Waals surface area (Å²) in [5, 5.41) is 1.15. The molecule has 122 valence electrons. The van der Waals surface area contributed by atoms with Gasteiger partial charge in [-0.05, 0) is 35.9 Å². The van der Waals surface area contributed by atoms with Crippen molar-refractivity contribution in [3.05, 3.63) is 64.9 Å². The molecule has 0 bridgehead atoms. The van der Waals surface area contributed by atoms with Gasteiger partial charge in [0.1, 0.15) is 4.90 Å². The fourth-order valence-electron chi connectivity index (χ4n) is 2.94. The molecule has 1 aromatic carbocycles. The van der Waals surface area contributed by atoms with Gasteiger partial charge in [0.05, 0.1) is 5.02 Å². The van der Waals surface area contributed by atoms with Gasteiger partial charge in [0.15, 0.2) is 5.65 Å². The first-order valence-corrected chi connectivity index (χ1v) is 9.36. The number of halogens is 1. The van der Waals surface area contributed by atoms with Crippen LogP contribution >= 0.6 is 11.6 Å². The van der Waals surface area contributed by atoms with E-state index in [4.69, 9.17) is 11.6 Å². The maximum atomic E-state index is 12.9. The minimum atomic E-state index is -3.63. The van der Waals surface area contributed by atoms with E-state index in [1.165, 1.54) is 10.4 Å². The normalized spacial score (nSPS) is 15.4. The molecule has 7 heteroatoms. The zero-order valence-corrected chi connectivity index (χ0v) is 14.3. The third-order valence-corrected chi connectivity index (χ3v) is 6.50. The lowest BCUT2D eigenvalue weighted by Crippen LogP contribution is -2.36. The van der Waals surface area contributed by atoms with Crippen molar-refractivity contribution in [3.63, 3.8) is 0 Å². The minimum Gasteiger partial charge on any atom is -0.237 e. The number of sulfonamides is 1. The average molecular weight is 360 g/mol. The Morgan fingerprint density at radius 2 is 1.96 bits per heavy atom. The Hall–Kier alpha value is -2.02. The van der Waals surface area contributed by atoms with Gasteiger partial charge in [-0.3, -0.25) is 0 Å². The zero-order valence-electron chi connectivity index (χ0n) is 12.7. The van der Waals surface area contributed by atoms with Gasteiger partial charge in [-0.25, -0.2) is 18.4 Å². The maximum Gasteiger partial charge on any atom is 0.244 e. The van der Waals surface area contributed by atoms with Crippen LogP contribution in [0.2, 0.25) is 5.02 Å². The number of nitrogens with zero attached hydrogens (tertiary/aromatic N) is 3. The Kier molecular flexibility index (Phi) is 3.75. The summed E-state index contributed by atoms with van der Waals surface area (Å²) in [6, 6.07) is 12.3. The summed E-state index contributed by atoms with van der Waals surface area (Å²) in [4.78, 5) is 8.96. The lowest BCUT2D eigenvalue weighted by Gasteiger charge is -2.28. The third kappa shape index (κ3) is 2.56. The number of aromatic nitrogens is 2. The van der Waals surface area contributed by atoms with Crippen LogP contribution in [0, 0.1) is 0 Å². The second kappa shape index (κ2) is 5.81. The molecule has 0 fully saturated rings. The fraction of sp³-hybridized carbons (Fsp3) is 0.176. The highest BCUT2D eigenvalue weighted by atomic mass is 35.5. The van der Waals surface area contributed by atoms with Gasteiger partial charge < -0.3 is 0 Å². The lowest BCUT2D eigenvalue weighted by molar-refractivity contribution is 0.388. The monoisotopic (exact) mass is 359 g/mol. The molecular formula is C17H14ClN3O2S. The second-order valence-corrected chi connectivity index (χ2v) is 7.98. The maximum absolute atomic E-state index is 12.9. The third-order valence-electron chi connectivity index (χ3n) is 4.16. The molecule has 2 aromatic heterocycles. The molecule has 0 atom stereocenters. The first kappa shape index (κ1) is 15.5. The van der Waals surface area contributed by atoms with Gasteiger partial charge in [0.2, 0.25) is 10.0 Å². The number of hydrogen-bond donors (Lipinski definition) is 0. The first-order chi connectivity index (χ1) is 11.6. The van der Waals surface area contributed by atoms with Crippen LogP contribution in [0.5, 0.6) is 0 Å². The van der Waals surface area contributed by atoms with Gasteiger partial charge >= 0.3 is 0 Å². The molecule has 24 heavy (non-hydrogen) atoms. The summed E-state index contributed by atoms with van der Waals surface area (Å²) in [7, 11) is -3.63. The van der Waals surface area contributed by atoms with Gasteiger partial charge in [0, 0.05) is 36.8 Å². The van der Waals surface area contributed by atoms with E-state index in [0.717, 1.165) is 16.6 Å². The van der Waals surface area contributed by atoms with Crippen LogP contribution in [-0.4, -0.2) is 29.2 Å².